The van der Waals surface area contributed by atoms with E-state index in [0.717, 1.165) is 13.1 Å². The van der Waals surface area contributed by atoms with Crippen LogP contribution < -0.4 is 0 Å². The van der Waals surface area contributed by atoms with Crippen LogP contribution in [-0.2, 0) is 0 Å². The van der Waals surface area contributed by atoms with E-state index in [1.165, 1.54) is 0 Å². The van der Waals surface area contributed by atoms with Crippen molar-refractivity contribution in [3.63, 3.8) is 0 Å². The summed E-state index contributed by atoms with van der Waals surface area (Å²) >= 11 is 0. The predicted molar refractivity (Wildman–Crippen MR) is 66.0 cm³/mol. The van der Waals surface area contributed by atoms with Crippen LogP contribution in [0, 0.1) is 0 Å². The summed E-state index contributed by atoms with van der Waals surface area (Å²) in [6, 6.07) is 0.613. The molecule has 0 aliphatic carbocycles. The summed E-state index contributed by atoms with van der Waals surface area (Å²) < 4.78 is 0. The summed E-state index contributed by atoms with van der Waals surface area (Å²) in [6.45, 7) is 11.5. The van der Waals surface area contributed by atoms with Crippen LogP contribution in [0.15, 0.2) is 0 Å². The van der Waals surface area contributed by atoms with E-state index in [1.807, 2.05) is 0 Å². The molecule has 0 spiro atoms. The lowest BCUT2D eigenvalue weighted by Crippen LogP contribution is -2.50. The van der Waals surface area contributed by atoms with E-state index < -0.39 is 0 Å². The SMILES string of the molecule is CCN(C)CC1N(C)C(C)N(C)C1(C)C. The Bertz CT molecular complexity index is 215. The van der Waals surface area contributed by atoms with Crippen LogP contribution in [0.25, 0.3) is 0 Å². The van der Waals surface area contributed by atoms with Crippen LogP contribution in [-0.4, -0.2) is 66.7 Å². The number of hydrogen-bond donors (Lipinski definition) is 0. The van der Waals surface area contributed by atoms with Crippen LogP contribution in [0.1, 0.15) is 27.7 Å². The van der Waals surface area contributed by atoms with Crippen molar-refractivity contribution in [2.75, 3.05) is 34.2 Å². The van der Waals surface area contributed by atoms with Crippen LogP contribution in [0.3, 0.4) is 0 Å². The minimum atomic E-state index is 0.262. The lowest BCUT2D eigenvalue weighted by molar-refractivity contribution is 0.152. The third-order valence-electron chi connectivity index (χ3n) is 4.39. The monoisotopic (exact) mass is 213 g/mol. The van der Waals surface area contributed by atoms with Gasteiger partial charge in [0.25, 0.3) is 0 Å². The third kappa shape index (κ3) is 2.19. The van der Waals surface area contributed by atoms with Crippen molar-refractivity contribution in [1.82, 2.24) is 14.7 Å². The van der Waals surface area contributed by atoms with Crippen molar-refractivity contribution in [2.24, 2.45) is 0 Å². The zero-order chi connectivity index (χ0) is 11.8. The highest BCUT2D eigenvalue weighted by Gasteiger charge is 2.46. The molecule has 1 aliphatic heterocycles. The average molecular weight is 213 g/mol. The molecule has 0 aromatic rings. The Morgan fingerprint density at radius 3 is 2.13 bits per heavy atom. The Morgan fingerprint density at radius 1 is 1.27 bits per heavy atom. The number of rotatable bonds is 3. The van der Waals surface area contributed by atoms with Crippen molar-refractivity contribution >= 4 is 0 Å². The van der Waals surface area contributed by atoms with E-state index in [1.54, 1.807) is 0 Å². The number of likely N-dealkylation sites (N-methyl/N-ethyl adjacent to an activating group) is 3. The topological polar surface area (TPSA) is 9.72 Å². The standard InChI is InChI=1S/C12H27N3/c1-8-13(5)9-11-12(3,4)15(7)10(2)14(11)6/h10-11H,8-9H2,1-7H3. The van der Waals surface area contributed by atoms with E-state index in [-0.39, 0.29) is 5.54 Å². The Morgan fingerprint density at radius 2 is 1.80 bits per heavy atom. The Labute approximate surface area is 95.0 Å². The van der Waals surface area contributed by atoms with Crippen LogP contribution in [0.4, 0.5) is 0 Å². The molecule has 2 atom stereocenters. The van der Waals surface area contributed by atoms with Crippen molar-refractivity contribution < 1.29 is 0 Å². The predicted octanol–water partition coefficient (Wildman–Crippen LogP) is 1.31. The fraction of sp³-hybridized carbons (Fsp3) is 1.00. The molecule has 0 radical (unpaired) electrons. The summed E-state index contributed by atoms with van der Waals surface area (Å²) in [6.07, 6.45) is 0.537. The van der Waals surface area contributed by atoms with Gasteiger partial charge in [-0.15, -0.1) is 0 Å². The van der Waals surface area contributed by atoms with E-state index in [9.17, 15) is 0 Å². The Balaban J connectivity index is 2.78. The highest BCUT2D eigenvalue weighted by Crippen LogP contribution is 2.32. The molecule has 3 nitrogen and oxygen atoms in total. The number of hydrogen-bond acceptors (Lipinski definition) is 3. The zero-order valence-corrected chi connectivity index (χ0v) is 11.4. The zero-order valence-electron chi connectivity index (χ0n) is 11.4. The van der Waals surface area contributed by atoms with Gasteiger partial charge in [-0.05, 0) is 48.5 Å². The molecule has 1 heterocycles. The van der Waals surface area contributed by atoms with Gasteiger partial charge >= 0.3 is 0 Å². The maximum Gasteiger partial charge on any atom is 0.0596 e. The van der Waals surface area contributed by atoms with E-state index in [2.05, 4.69) is 63.5 Å². The van der Waals surface area contributed by atoms with Crippen molar-refractivity contribution in [3.8, 4) is 0 Å². The molecule has 1 fully saturated rings. The second-order valence-electron chi connectivity index (χ2n) is 5.43. The van der Waals surface area contributed by atoms with Gasteiger partial charge in [0.2, 0.25) is 0 Å². The molecule has 0 saturated carbocycles. The molecule has 0 aromatic carbocycles. The normalized spacial score (nSPS) is 32.8. The smallest absolute Gasteiger partial charge is 0.0596 e. The van der Waals surface area contributed by atoms with Crippen LogP contribution >= 0.6 is 0 Å². The van der Waals surface area contributed by atoms with Gasteiger partial charge in [0, 0.05) is 18.1 Å². The van der Waals surface area contributed by atoms with E-state index in [4.69, 9.17) is 0 Å². The van der Waals surface area contributed by atoms with Crippen molar-refractivity contribution in [1.29, 1.82) is 0 Å². The highest BCUT2D eigenvalue weighted by atomic mass is 15.5. The second-order valence-corrected chi connectivity index (χ2v) is 5.43. The van der Waals surface area contributed by atoms with Gasteiger partial charge in [0.15, 0.2) is 0 Å². The van der Waals surface area contributed by atoms with Crippen molar-refractivity contribution in [3.05, 3.63) is 0 Å². The quantitative estimate of drug-likeness (QED) is 0.700. The van der Waals surface area contributed by atoms with Gasteiger partial charge in [-0.2, -0.15) is 0 Å². The third-order valence-corrected chi connectivity index (χ3v) is 4.39. The first-order valence-corrected chi connectivity index (χ1v) is 5.95. The van der Waals surface area contributed by atoms with Crippen LogP contribution in [0.5, 0.6) is 0 Å². The van der Waals surface area contributed by atoms with Gasteiger partial charge in [-0.1, -0.05) is 6.92 Å². The summed E-state index contributed by atoms with van der Waals surface area (Å²) in [7, 11) is 6.67. The van der Waals surface area contributed by atoms with E-state index >= 15 is 0 Å². The maximum absolute atomic E-state index is 2.49. The first-order chi connectivity index (χ1) is 6.82. The molecule has 0 bridgehead atoms. The summed E-state index contributed by atoms with van der Waals surface area (Å²) in [4.78, 5) is 7.36. The lowest BCUT2D eigenvalue weighted by atomic mass is 9.94. The fourth-order valence-electron chi connectivity index (χ4n) is 2.53. The van der Waals surface area contributed by atoms with E-state index in [0.29, 0.717) is 12.2 Å². The summed E-state index contributed by atoms with van der Waals surface area (Å²) in [5.41, 5.74) is 0.262. The molecular formula is C12H27N3. The molecule has 3 heteroatoms. The molecule has 1 saturated heterocycles. The molecule has 1 aliphatic rings. The largest absolute Gasteiger partial charge is 0.305 e. The average Bonchev–Trinajstić information content (AvgIpc) is 2.33. The van der Waals surface area contributed by atoms with Gasteiger partial charge < -0.3 is 4.90 Å². The molecular weight excluding hydrogens is 186 g/mol. The molecule has 2 unspecified atom stereocenters. The minimum absolute atomic E-state index is 0.262. The van der Waals surface area contributed by atoms with Gasteiger partial charge in [0.1, 0.15) is 0 Å². The molecule has 0 aromatic heterocycles. The van der Waals surface area contributed by atoms with Crippen LogP contribution in [0.2, 0.25) is 0 Å². The molecule has 0 N–H and O–H groups in total. The second kappa shape index (κ2) is 4.40. The fourth-order valence-corrected chi connectivity index (χ4v) is 2.53. The molecule has 0 amide bonds. The Kier molecular flexibility index (Phi) is 3.80. The van der Waals surface area contributed by atoms with Gasteiger partial charge in [-0.25, -0.2) is 0 Å². The minimum Gasteiger partial charge on any atom is -0.305 e. The first kappa shape index (κ1) is 12.9. The summed E-state index contributed by atoms with van der Waals surface area (Å²) in [5.74, 6) is 0. The van der Waals surface area contributed by atoms with Crippen molar-refractivity contribution in [2.45, 2.75) is 45.4 Å². The molecule has 15 heavy (non-hydrogen) atoms. The molecule has 90 valence electrons. The molecule has 1 rings (SSSR count). The highest BCUT2D eigenvalue weighted by molar-refractivity contribution is 5.02. The summed E-state index contributed by atoms with van der Waals surface area (Å²) in [5, 5.41) is 0. The first-order valence-electron chi connectivity index (χ1n) is 5.95. The van der Waals surface area contributed by atoms with Gasteiger partial charge in [0.05, 0.1) is 6.17 Å². The maximum atomic E-state index is 2.49. The lowest BCUT2D eigenvalue weighted by Gasteiger charge is -2.35. The Hall–Kier alpha value is -0.120. The van der Waals surface area contributed by atoms with Gasteiger partial charge in [-0.3, -0.25) is 9.80 Å². The number of nitrogens with zero attached hydrogens (tertiary/aromatic N) is 3.